The van der Waals surface area contributed by atoms with Crippen LogP contribution in [0.2, 0.25) is 5.15 Å². The third-order valence-corrected chi connectivity index (χ3v) is 2.67. The van der Waals surface area contributed by atoms with Crippen molar-refractivity contribution in [1.29, 1.82) is 0 Å². The number of fused-ring (bicyclic) bond motifs is 1. The molecule has 14 heavy (non-hydrogen) atoms. The Morgan fingerprint density at radius 2 is 2.14 bits per heavy atom. The second-order valence-corrected chi connectivity index (χ2v) is 3.49. The van der Waals surface area contributed by atoms with Crippen LogP contribution in [0.5, 0.6) is 5.75 Å². The van der Waals surface area contributed by atoms with Crippen molar-refractivity contribution in [2.24, 2.45) is 0 Å². The molecule has 1 aromatic carbocycles. The van der Waals surface area contributed by atoms with Crippen molar-refractivity contribution in [3.8, 4) is 5.75 Å². The zero-order chi connectivity index (χ0) is 10.1. The predicted molar refractivity (Wildman–Crippen MR) is 58.0 cm³/mol. The van der Waals surface area contributed by atoms with Gasteiger partial charge in [0.1, 0.15) is 10.9 Å². The summed E-state index contributed by atoms with van der Waals surface area (Å²) in [6.45, 7) is 1.96. The second kappa shape index (κ2) is 3.46. The summed E-state index contributed by atoms with van der Waals surface area (Å²) in [7, 11) is 1.65. The van der Waals surface area contributed by atoms with Gasteiger partial charge in [-0.1, -0.05) is 17.7 Å². The van der Waals surface area contributed by atoms with Gasteiger partial charge in [-0.2, -0.15) is 0 Å². The highest BCUT2D eigenvalue weighted by Crippen LogP contribution is 2.26. The first-order valence-electron chi connectivity index (χ1n) is 4.31. The summed E-state index contributed by atoms with van der Waals surface area (Å²) in [5.41, 5.74) is 1.01. The lowest BCUT2D eigenvalue weighted by Gasteiger charge is -2.05. The number of hydrogen-bond donors (Lipinski definition) is 0. The van der Waals surface area contributed by atoms with Gasteiger partial charge in [-0.05, 0) is 30.0 Å². The largest absolute Gasteiger partial charge is 0.497 e. The Balaban J connectivity index is 2.74. The monoisotopic (exact) mass is 207 g/mol. The molecule has 1 aromatic heterocycles. The highest BCUT2D eigenvalue weighted by Gasteiger charge is 2.03. The number of methoxy groups -OCH3 is 1. The van der Waals surface area contributed by atoms with E-state index in [1.54, 1.807) is 13.3 Å². The third kappa shape index (κ3) is 1.42. The van der Waals surface area contributed by atoms with Gasteiger partial charge in [-0.15, -0.1) is 0 Å². The number of nitrogens with zero attached hydrogens (tertiary/aromatic N) is 1. The summed E-state index contributed by atoms with van der Waals surface area (Å²) in [5, 5.41) is 2.72. The number of benzene rings is 1. The van der Waals surface area contributed by atoms with E-state index in [1.807, 2.05) is 25.1 Å². The zero-order valence-corrected chi connectivity index (χ0v) is 8.80. The molecule has 0 aliphatic rings. The van der Waals surface area contributed by atoms with E-state index in [0.29, 0.717) is 5.15 Å². The summed E-state index contributed by atoms with van der Waals surface area (Å²) in [6.07, 6.45) is 1.76. The van der Waals surface area contributed by atoms with Crippen LogP contribution >= 0.6 is 11.6 Å². The molecule has 0 amide bonds. The Morgan fingerprint density at radius 3 is 2.86 bits per heavy atom. The fourth-order valence-corrected chi connectivity index (χ4v) is 1.60. The fraction of sp³-hybridized carbons (Fsp3) is 0.182. The number of aryl methyl sites for hydroxylation is 1. The standard InChI is InChI=1S/C11H10ClNO/c1-7-10-4-3-9(14-2)5-8(10)6-13-11(7)12/h3-6H,1-2H3. The minimum atomic E-state index is 0.558. The number of hydrogen-bond acceptors (Lipinski definition) is 2. The molecule has 0 atom stereocenters. The lowest BCUT2D eigenvalue weighted by Crippen LogP contribution is -1.86. The Bertz CT molecular complexity index is 482. The van der Waals surface area contributed by atoms with Crippen LogP contribution < -0.4 is 4.74 Å². The van der Waals surface area contributed by atoms with Gasteiger partial charge in [0.25, 0.3) is 0 Å². The molecule has 2 rings (SSSR count). The maximum atomic E-state index is 5.92. The van der Waals surface area contributed by atoms with Crippen LogP contribution in [-0.2, 0) is 0 Å². The summed E-state index contributed by atoms with van der Waals surface area (Å²) in [5.74, 6) is 0.834. The van der Waals surface area contributed by atoms with Crippen molar-refractivity contribution in [1.82, 2.24) is 4.98 Å². The molecule has 0 spiro atoms. The minimum Gasteiger partial charge on any atom is -0.497 e. The van der Waals surface area contributed by atoms with E-state index in [9.17, 15) is 0 Å². The molecule has 1 heterocycles. The predicted octanol–water partition coefficient (Wildman–Crippen LogP) is 3.21. The molecule has 2 aromatic rings. The van der Waals surface area contributed by atoms with Crippen LogP contribution in [0.4, 0.5) is 0 Å². The van der Waals surface area contributed by atoms with E-state index >= 15 is 0 Å². The molecule has 0 fully saturated rings. The van der Waals surface area contributed by atoms with Crippen LogP contribution in [0.15, 0.2) is 24.4 Å². The lowest BCUT2D eigenvalue weighted by molar-refractivity contribution is 0.415. The first kappa shape index (κ1) is 9.28. The van der Waals surface area contributed by atoms with Gasteiger partial charge >= 0.3 is 0 Å². The van der Waals surface area contributed by atoms with Gasteiger partial charge in [-0.3, -0.25) is 0 Å². The highest BCUT2D eigenvalue weighted by molar-refractivity contribution is 6.31. The lowest BCUT2D eigenvalue weighted by atomic mass is 10.1. The Morgan fingerprint density at radius 1 is 1.36 bits per heavy atom. The maximum absolute atomic E-state index is 5.92. The minimum absolute atomic E-state index is 0.558. The molecular formula is C11H10ClNO. The molecule has 0 radical (unpaired) electrons. The van der Waals surface area contributed by atoms with Crippen molar-refractivity contribution in [3.05, 3.63) is 35.1 Å². The second-order valence-electron chi connectivity index (χ2n) is 3.13. The molecule has 0 saturated heterocycles. The van der Waals surface area contributed by atoms with Gasteiger partial charge in [0.15, 0.2) is 0 Å². The molecule has 0 aliphatic carbocycles. The molecule has 0 saturated carbocycles. The Hall–Kier alpha value is -1.28. The normalized spacial score (nSPS) is 10.5. The average Bonchev–Trinajstić information content (AvgIpc) is 2.23. The van der Waals surface area contributed by atoms with Crippen molar-refractivity contribution in [2.45, 2.75) is 6.92 Å². The summed E-state index contributed by atoms with van der Waals surface area (Å²) < 4.78 is 5.13. The molecule has 0 bridgehead atoms. The van der Waals surface area contributed by atoms with Gasteiger partial charge in [-0.25, -0.2) is 4.98 Å². The highest BCUT2D eigenvalue weighted by atomic mass is 35.5. The summed E-state index contributed by atoms with van der Waals surface area (Å²) in [6, 6.07) is 5.87. The average molecular weight is 208 g/mol. The fourth-order valence-electron chi connectivity index (χ4n) is 1.45. The molecule has 2 nitrogen and oxygen atoms in total. The van der Waals surface area contributed by atoms with Crippen molar-refractivity contribution >= 4 is 22.4 Å². The van der Waals surface area contributed by atoms with Crippen molar-refractivity contribution in [2.75, 3.05) is 7.11 Å². The molecule has 3 heteroatoms. The van der Waals surface area contributed by atoms with Gasteiger partial charge in [0.05, 0.1) is 7.11 Å². The SMILES string of the molecule is COc1ccc2c(C)c(Cl)ncc2c1. The number of ether oxygens (including phenoxy) is 1. The van der Waals surface area contributed by atoms with Crippen LogP contribution in [0, 0.1) is 6.92 Å². The van der Waals surface area contributed by atoms with E-state index in [0.717, 1.165) is 22.1 Å². The first-order chi connectivity index (χ1) is 6.72. The van der Waals surface area contributed by atoms with E-state index in [1.165, 1.54) is 0 Å². The molecule has 72 valence electrons. The quantitative estimate of drug-likeness (QED) is 0.670. The van der Waals surface area contributed by atoms with E-state index in [-0.39, 0.29) is 0 Å². The number of pyridine rings is 1. The van der Waals surface area contributed by atoms with Crippen molar-refractivity contribution < 1.29 is 4.74 Å². The molecule has 0 aliphatic heterocycles. The molecular weight excluding hydrogens is 198 g/mol. The molecule has 0 unspecified atom stereocenters. The Kier molecular flexibility index (Phi) is 2.30. The van der Waals surface area contributed by atoms with Gasteiger partial charge < -0.3 is 4.74 Å². The summed E-state index contributed by atoms with van der Waals surface area (Å²) >= 11 is 5.92. The van der Waals surface area contributed by atoms with E-state index in [2.05, 4.69) is 4.98 Å². The number of halogens is 1. The van der Waals surface area contributed by atoms with E-state index < -0.39 is 0 Å². The van der Waals surface area contributed by atoms with Crippen molar-refractivity contribution in [3.63, 3.8) is 0 Å². The first-order valence-corrected chi connectivity index (χ1v) is 4.69. The van der Waals surface area contributed by atoms with Gasteiger partial charge in [0, 0.05) is 11.6 Å². The topological polar surface area (TPSA) is 22.1 Å². The number of rotatable bonds is 1. The summed E-state index contributed by atoms with van der Waals surface area (Å²) in [4.78, 5) is 4.09. The van der Waals surface area contributed by atoms with Crippen LogP contribution in [0.25, 0.3) is 10.8 Å². The third-order valence-electron chi connectivity index (χ3n) is 2.29. The van der Waals surface area contributed by atoms with Gasteiger partial charge in [0.2, 0.25) is 0 Å². The maximum Gasteiger partial charge on any atom is 0.132 e. The number of aromatic nitrogens is 1. The van der Waals surface area contributed by atoms with E-state index in [4.69, 9.17) is 16.3 Å². The Labute approximate surface area is 87.5 Å². The zero-order valence-electron chi connectivity index (χ0n) is 8.04. The van der Waals surface area contributed by atoms with Crippen LogP contribution in [-0.4, -0.2) is 12.1 Å². The van der Waals surface area contributed by atoms with Crippen LogP contribution in [0.1, 0.15) is 5.56 Å². The molecule has 0 N–H and O–H groups in total. The van der Waals surface area contributed by atoms with Crippen LogP contribution in [0.3, 0.4) is 0 Å². The smallest absolute Gasteiger partial charge is 0.132 e.